The van der Waals surface area contributed by atoms with Crippen molar-refractivity contribution in [2.45, 2.75) is 18.6 Å². The lowest BCUT2D eigenvalue weighted by Crippen LogP contribution is -2.50. The van der Waals surface area contributed by atoms with Gasteiger partial charge in [-0.25, -0.2) is 4.79 Å². The highest BCUT2D eigenvalue weighted by atomic mass is 35.5. The van der Waals surface area contributed by atoms with Crippen LogP contribution in [-0.4, -0.2) is 56.2 Å². The van der Waals surface area contributed by atoms with Gasteiger partial charge in [0, 0.05) is 31.0 Å². The molecule has 2 aliphatic rings. The zero-order chi connectivity index (χ0) is 16.1. The molecule has 6 nitrogen and oxygen atoms in total. The van der Waals surface area contributed by atoms with Gasteiger partial charge in [0.05, 0.1) is 19.8 Å². The lowest BCUT2D eigenvalue weighted by Gasteiger charge is -2.37. The smallest absolute Gasteiger partial charge is 0.317 e. The van der Waals surface area contributed by atoms with Crippen LogP contribution >= 0.6 is 11.6 Å². The quantitative estimate of drug-likeness (QED) is 0.854. The van der Waals surface area contributed by atoms with Crippen LogP contribution in [-0.2, 0) is 9.47 Å². The van der Waals surface area contributed by atoms with Crippen LogP contribution in [0.2, 0.25) is 5.02 Å². The molecule has 0 radical (unpaired) electrons. The van der Waals surface area contributed by atoms with Crippen LogP contribution in [0.5, 0.6) is 5.75 Å². The van der Waals surface area contributed by atoms with E-state index in [1.807, 2.05) is 0 Å². The molecule has 2 aliphatic heterocycles. The number of halogens is 1. The zero-order valence-electron chi connectivity index (χ0n) is 12.9. The van der Waals surface area contributed by atoms with E-state index in [1.54, 1.807) is 29.2 Å². The van der Waals surface area contributed by atoms with Gasteiger partial charge in [-0.05, 0) is 24.3 Å². The summed E-state index contributed by atoms with van der Waals surface area (Å²) in [6.07, 6.45) is 1.45. The molecule has 0 atom stereocenters. The number of carbonyl (C=O) groups excluding carboxylic acids is 1. The van der Waals surface area contributed by atoms with Gasteiger partial charge in [-0.2, -0.15) is 0 Å². The molecule has 126 valence electrons. The van der Waals surface area contributed by atoms with Gasteiger partial charge in [0.25, 0.3) is 0 Å². The first-order valence-corrected chi connectivity index (χ1v) is 8.24. The Morgan fingerprint density at radius 2 is 1.87 bits per heavy atom. The molecule has 2 saturated heterocycles. The van der Waals surface area contributed by atoms with Crippen molar-refractivity contribution in [3.05, 3.63) is 29.3 Å². The number of piperidine rings is 1. The summed E-state index contributed by atoms with van der Waals surface area (Å²) < 4.78 is 16.9. The maximum Gasteiger partial charge on any atom is 0.317 e. The molecule has 0 aromatic heterocycles. The van der Waals surface area contributed by atoms with Crippen LogP contribution in [0.4, 0.5) is 4.79 Å². The molecule has 3 rings (SSSR count). The topological polar surface area (TPSA) is 60.0 Å². The molecule has 2 fully saturated rings. The maximum absolute atomic E-state index is 12.1. The van der Waals surface area contributed by atoms with Crippen molar-refractivity contribution >= 4 is 17.6 Å². The summed E-state index contributed by atoms with van der Waals surface area (Å²) in [4.78, 5) is 13.9. The summed E-state index contributed by atoms with van der Waals surface area (Å²) in [5, 5.41) is 3.54. The van der Waals surface area contributed by atoms with Gasteiger partial charge in [0.2, 0.25) is 0 Å². The molecule has 1 N–H and O–H groups in total. The third kappa shape index (κ3) is 4.28. The Kier molecular flexibility index (Phi) is 5.25. The van der Waals surface area contributed by atoms with Gasteiger partial charge in [-0.3, -0.25) is 0 Å². The van der Waals surface area contributed by atoms with Crippen LogP contribution in [0.3, 0.4) is 0 Å². The Morgan fingerprint density at radius 3 is 2.52 bits per heavy atom. The van der Waals surface area contributed by atoms with Gasteiger partial charge in [0.1, 0.15) is 12.4 Å². The zero-order valence-corrected chi connectivity index (χ0v) is 13.7. The normalized spacial score (nSPS) is 19.8. The Hall–Kier alpha value is -1.50. The standard InChI is InChI=1S/C16H21ClN2O4/c17-13-1-3-14(4-2-13)21-10-7-18-15(20)19-8-5-16(6-9-19)22-11-12-23-16/h1-4H,5-12H2,(H,18,20). The van der Waals surface area contributed by atoms with Crippen molar-refractivity contribution in [1.82, 2.24) is 10.2 Å². The van der Waals surface area contributed by atoms with Crippen molar-refractivity contribution in [3.63, 3.8) is 0 Å². The molecule has 1 aromatic rings. The molecule has 23 heavy (non-hydrogen) atoms. The van der Waals surface area contributed by atoms with E-state index in [4.69, 9.17) is 25.8 Å². The molecule has 0 unspecified atom stereocenters. The van der Waals surface area contributed by atoms with Crippen LogP contribution in [0.25, 0.3) is 0 Å². The number of nitrogens with zero attached hydrogens (tertiary/aromatic N) is 1. The predicted molar refractivity (Wildman–Crippen MR) is 85.8 cm³/mol. The van der Waals surface area contributed by atoms with Gasteiger partial charge >= 0.3 is 6.03 Å². The molecule has 2 amide bonds. The third-order valence-electron chi connectivity index (χ3n) is 4.09. The lowest BCUT2D eigenvalue weighted by molar-refractivity contribution is -0.181. The number of hydrogen-bond donors (Lipinski definition) is 1. The summed E-state index contributed by atoms with van der Waals surface area (Å²) in [5.74, 6) is 0.285. The first-order valence-electron chi connectivity index (χ1n) is 7.86. The average molecular weight is 341 g/mol. The average Bonchev–Trinajstić information content (AvgIpc) is 3.02. The van der Waals surface area contributed by atoms with Crippen LogP contribution in [0.15, 0.2) is 24.3 Å². The largest absolute Gasteiger partial charge is 0.492 e. The third-order valence-corrected chi connectivity index (χ3v) is 4.34. The van der Waals surface area contributed by atoms with Crippen molar-refractivity contribution in [3.8, 4) is 5.75 Å². The number of amides is 2. The fraction of sp³-hybridized carbons (Fsp3) is 0.562. The minimum Gasteiger partial charge on any atom is -0.492 e. The van der Waals surface area contributed by atoms with Crippen LogP contribution < -0.4 is 10.1 Å². The van der Waals surface area contributed by atoms with E-state index < -0.39 is 5.79 Å². The van der Waals surface area contributed by atoms with Crippen molar-refractivity contribution < 1.29 is 19.0 Å². The van der Waals surface area contributed by atoms with Gasteiger partial charge in [0.15, 0.2) is 5.79 Å². The van der Waals surface area contributed by atoms with E-state index in [9.17, 15) is 4.79 Å². The SMILES string of the molecule is O=C(NCCOc1ccc(Cl)cc1)N1CCC2(CC1)OCCO2. The number of ether oxygens (including phenoxy) is 3. The summed E-state index contributed by atoms with van der Waals surface area (Å²) in [6, 6.07) is 7.07. The van der Waals surface area contributed by atoms with Crippen molar-refractivity contribution in [2.75, 3.05) is 39.5 Å². The molecular formula is C16H21ClN2O4. The minimum absolute atomic E-state index is 0.0717. The van der Waals surface area contributed by atoms with E-state index in [2.05, 4.69) is 5.32 Å². The number of rotatable bonds is 4. The van der Waals surface area contributed by atoms with Crippen LogP contribution in [0.1, 0.15) is 12.8 Å². The van der Waals surface area contributed by atoms with E-state index in [0.717, 1.165) is 18.6 Å². The summed E-state index contributed by atoms with van der Waals surface area (Å²) >= 11 is 5.81. The number of nitrogens with one attached hydrogen (secondary N) is 1. The summed E-state index contributed by atoms with van der Waals surface area (Å²) in [7, 11) is 0. The number of hydrogen-bond acceptors (Lipinski definition) is 4. The summed E-state index contributed by atoms with van der Waals surface area (Å²) in [6.45, 7) is 3.45. The highest BCUT2D eigenvalue weighted by Crippen LogP contribution is 2.31. The Labute approximate surface area is 140 Å². The lowest BCUT2D eigenvalue weighted by atomic mass is 10.0. The molecule has 7 heteroatoms. The molecule has 1 aromatic carbocycles. The number of likely N-dealkylation sites (tertiary alicyclic amines) is 1. The van der Waals surface area contributed by atoms with Crippen molar-refractivity contribution in [2.24, 2.45) is 0 Å². The first kappa shape index (κ1) is 16.4. The molecule has 2 heterocycles. The molecular weight excluding hydrogens is 320 g/mol. The van der Waals surface area contributed by atoms with Gasteiger partial charge < -0.3 is 24.4 Å². The van der Waals surface area contributed by atoms with E-state index in [1.165, 1.54) is 0 Å². The number of urea groups is 1. The second-order valence-electron chi connectivity index (χ2n) is 5.63. The Bertz CT molecular complexity index is 521. The van der Waals surface area contributed by atoms with E-state index >= 15 is 0 Å². The fourth-order valence-corrected chi connectivity index (χ4v) is 2.93. The van der Waals surface area contributed by atoms with E-state index in [0.29, 0.717) is 44.5 Å². The highest BCUT2D eigenvalue weighted by molar-refractivity contribution is 6.30. The molecule has 0 aliphatic carbocycles. The highest BCUT2D eigenvalue weighted by Gasteiger charge is 2.40. The molecule has 1 spiro atoms. The van der Waals surface area contributed by atoms with E-state index in [-0.39, 0.29) is 6.03 Å². The Morgan fingerprint density at radius 1 is 1.22 bits per heavy atom. The van der Waals surface area contributed by atoms with Crippen molar-refractivity contribution in [1.29, 1.82) is 0 Å². The number of benzene rings is 1. The second kappa shape index (κ2) is 7.38. The van der Waals surface area contributed by atoms with Gasteiger partial charge in [-0.15, -0.1) is 0 Å². The Balaban J connectivity index is 1.34. The summed E-state index contributed by atoms with van der Waals surface area (Å²) in [5.41, 5.74) is 0. The second-order valence-corrected chi connectivity index (χ2v) is 6.07. The molecule has 0 saturated carbocycles. The monoisotopic (exact) mass is 340 g/mol. The predicted octanol–water partition coefficient (Wildman–Crippen LogP) is 2.27. The number of carbonyl (C=O) groups is 1. The van der Waals surface area contributed by atoms with Gasteiger partial charge in [-0.1, -0.05) is 11.6 Å². The maximum atomic E-state index is 12.1. The van der Waals surface area contributed by atoms with Crippen LogP contribution in [0, 0.1) is 0 Å². The molecule has 0 bridgehead atoms. The first-order chi connectivity index (χ1) is 11.2. The minimum atomic E-state index is -0.450. The fourth-order valence-electron chi connectivity index (χ4n) is 2.81.